The molecule has 116 valence electrons. The van der Waals surface area contributed by atoms with E-state index in [4.69, 9.17) is 0 Å². The van der Waals surface area contributed by atoms with Gasteiger partial charge in [-0.2, -0.15) is 16.9 Å². The number of urea groups is 1. The van der Waals surface area contributed by atoms with Crippen LogP contribution in [0, 0.1) is 0 Å². The van der Waals surface area contributed by atoms with Crippen molar-refractivity contribution in [2.24, 2.45) is 0 Å². The van der Waals surface area contributed by atoms with Crippen molar-refractivity contribution in [3.8, 4) is 5.82 Å². The number of amides is 2. The molecule has 0 radical (unpaired) electrons. The van der Waals surface area contributed by atoms with Crippen molar-refractivity contribution in [2.75, 3.05) is 23.4 Å². The highest BCUT2D eigenvalue weighted by atomic mass is 32.2. The zero-order chi connectivity index (χ0) is 15.4. The number of thioether (sulfide) groups is 1. The third kappa shape index (κ3) is 3.41. The molecule has 3 rings (SSSR count). The Morgan fingerprint density at radius 3 is 3.05 bits per heavy atom. The molecule has 22 heavy (non-hydrogen) atoms. The van der Waals surface area contributed by atoms with E-state index in [0.29, 0.717) is 5.69 Å². The van der Waals surface area contributed by atoms with Gasteiger partial charge in [-0.3, -0.25) is 0 Å². The summed E-state index contributed by atoms with van der Waals surface area (Å²) in [5, 5.41) is 7.06. The largest absolute Gasteiger partial charge is 0.322 e. The molecule has 0 aromatic carbocycles. The molecule has 0 spiro atoms. The maximum atomic E-state index is 12.4. The number of nitrogens with one attached hydrogen (secondary N) is 1. The standard InChI is InChI=1S/C15H19N5OS/c1-12-5-9-22-10-8-19(12)15(21)18-13-3-4-14(16-11-13)20-7-2-6-17-20/h2-4,6-7,11-12H,5,8-10H2,1H3,(H,18,21)/t12-/m1/s1. The zero-order valence-electron chi connectivity index (χ0n) is 12.5. The topological polar surface area (TPSA) is 63.1 Å². The third-order valence-electron chi connectivity index (χ3n) is 3.69. The maximum absolute atomic E-state index is 12.4. The Labute approximate surface area is 133 Å². The molecule has 1 saturated heterocycles. The Morgan fingerprint density at radius 2 is 2.32 bits per heavy atom. The normalized spacial score (nSPS) is 18.8. The predicted molar refractivity (Wildman–Crippen MR) is 88.5 cm³/mol. The van der Waals surface area contributed by atoms with Crippen LogP contribution in [0.5, 0.6) is 0 Å². The first kappa shape index (κ1) is 14.9. The number of hydrogen-bond acceptors (Lipinski definition) is 4. The van der Waals surface area contributed by atoms with Crippen LogP contribution in [0.2, 0.25) is 0 Å². The van der Waals surface area contributed by atoms with Crippen LogP contribution < -0.4 is 5.32 Å². The lowest BCUT2D eigenvalue weighted by Gasteiger charge is -2.26. The number of nitrogens with zero attached hydrogens (tertiary/aromatic N) is 4. The number of aromatic nitrogens is 3. The van der Waals surface area contributed by atoms with Crippen molar-refractivity contribution < 1.29 is 4.79 Å². The van der Waals surface area contributed by atoms with Gasteiger partial charge in [-0.05, 0) is 37.3 Å². The Morgan fingerprint density at radius 1 is 1.41 bits per heavy atom. The number of hydrogen-bond donors (Lipinski definition) is 1. The van der Waals surface area contributed by atoms with Crippen LogP contribution in [-0.4, -0.2) is 49.8 Å². The highest BCUT2D eigenvalue weighted by molar-refractivity contribution is 7.99. The second-order valence-corrected chi connectivity index (χ2v) is 6.45. The lowest BCUT2D eigenvalue weighted by atomic mass is 10.2. The van der Waals surface area contributed by atoms with Gasteiger partial charge in [0.25, 0.3) is 0 Å². The van der Waals surface area contributed by atoms with Gasteiger partial charge in [-0.15, -0.1) is 0 Å². The van der Waals surface area contributed by atoms with Crippen LogP contribution in [0.4, 0.5) is 10.5 Å². The lowest BCUT2D eigenvalue weighted by Crippen LogP contribution is -2.42. The van der Waals surface area contributed by atoms with Crippen LogP contribution >= 0.6 is 11.8 Å². The third-order valence-corrected chi connectivity index (χ3v) is 4.68. The van der Waals surface area contributed by atoms with Gasteiger partial charge in [0, 0.05) is 30.7 Å². The second kappa shape index (κ2) is 6.83. The smallest absolute Gasteiger partial charge is 0.321 e. The molecule has 7 heteroatoms. The van der Waals surface area contributed by atoms with Crippen molar-refractivity contribution in [3.63, 3.8) is 0 Å². The molecular formula is C15H19N5OS. The van der Waals surface area contributed by atoms with Crippen LogP contribution in [0.25, 0.3) is 5.82 Å². The molecule has 0 saturated carbocycles. The van der Waals surface area contributed by atoms with E-state index in [-0.39, 0.29) is 12.1 Å². The van der Waals surface area contributed by atoms with Crippen molar-refractivity contribution in [1.82, 2.24) is 19.7 Å². The average Bonchev–Trinajstić information content (AvgIpc) is 2.97. The molecule has 0 aliphatic carbocycles. The van der Waals surface area contributed by atoms with E-state index >= 15 is 0 Å². The van der Waals surface area contributed by atoms with Gasteiger partial charge in [0.05, 0.1) is 11.9 Å². The predicted octanol–water partition coefficient (Wildman–Crippen LogP) is 2.63. The fourth-order valence-electron chi connectivity index (χ4n) is 2.39. The number of pyridine rings is 1. The van der Waals surface area contributed by atoms with Gasteiger partial charge < -0.3 is 10.2 Å². The Bertz CT molecular complexity index is 613. The van der Waals surface area contributed by atoms with Crippen molar-refractivity contribution in [1.29, 1.82) is 0 Å². The number of rotatable bonds is 2. The first-order valence-corrected chi connectivity index (χ1v) is 8.51. The molecule has 6 nitrogen and oxygen atoms in total. The van der Waals surface area contributed by atoms with E-state index in [1.807, 2.05) is 41.1 Å². The first-order valence-electron chi connectivity index (χ1n) is 7.35. The fraction of sp³-hybridized carbons (Fsp3) is 0.400. The molecule has 1 N–H and O–H groups in total. The first-order chi connectivity index (χ1) is 10.7. The van der Waals surface area contributed by atoms with E-state index in [1.165, 1.54) is 0 Å². The minimum atomic E-state index is -0.0522. The second-order valence-electron chi connectivity index (χ2n) is 5.23. The monoisotopic (exact) mass is 317 g/mol. The summed E-state index contributed by atoms with van der Waals surface area (Å²) in [6, 6.07) is 5.74. The molecule has 1 aliphatic heterocycles. The molecule has 1 atom stereocenters. The Hall–Kier alpha value is -2.02. The summed E-state index contributed by atoms with van der Waals surface area (Å²) in [4.78, 5) is 18.6. The number of anilines is 1. The lowest BCUT2D eigenvalue weighted by molar-refractivity contribution is 0.197. The van der Waals surface area contributed by atoms with Crippen LogP contribution in [0.3, 0.4) is 0 Å². The van der Waals surface area contributed by atoms with Gasteiger partial charge in [0.15, 0.2) is 5.82 Å². The van der Waals surface area contributed by atoms with Gasteiger partial charge in [0.1, 0.15) is 0 Å². The van der Waals surface area contributed by atoms with Crippen LogP contribution in [0.15, 0.2) is 36.8 Å². The Balaban J connectivity index is 1.66. The van der Waals surface area contributed by atoms with E-state index in [1.54, 1.807) is 17.1 Å². The minimum Gasteiger partial charge on any atom is -0.321 e. The van der Waals surface area contributed by atoms with E-state index < -0.39 is 0 Å². The summed E-state index contributed by atoms with van der Waals surface area (Å²) >= 11 is 1.90. The van der Waals surface area contributed by atoms with Gasteiger partial charge in [-0.1, -0.05) is 0 Å². The van der Waals surface area contributed by atoms with Crippen LogP contribution in [0.1, 0.15) is 13.3 Å². The Kier molecular flexibility index (Phi) is 4.62. The zero-order valence-corrected chi connectivity index (χ0v) is 13.3. The number of carbonyl (C=O) groups is 1. The summed E-state index contributed by atoms with van der Waals surface area (Å²) < 4.78 is 1.68. The summed E-state index contributed by atoms with van der Waals surface area (Å²) in [5.74, 6) is 2.84. The van der Waals surface area contributed by atoms with E-state index in [2.05, 4.69) is 22.3 Å². The maximum Gasteiger partial charge on any atom is 0.322 e. The average molecular weight is 317 g/mol. The van der Waals surface area contributed by atoms with E-state index in [9.17, 15) is 4.79 Å². The minimum absolute atomic E-state index is 0.0522. The SMILES string of the molecule is C[C@@H]1CCSCCN1C(=O)Nc1ccc(-n2cccn2)nc1. The molecular weight excluding hydrogens is 298 g/mol. The molecule has 2 amide bonds. The molecule has 2 aromatic rings. The van der Waals surface area contributed by atoms with Crippen LogP contribution in [-0.2, 0) is 0 Å². The molecule has 3 heterocycles. The summed E-state index contributed by atoms with van der Waals surface area (Å²) in [6.07, 6.45) is 6.23. The highest BCUT2D eigenvalue weighted by Crippen LogP contribution is 2.17. The van der Waals surface area contributed by atoms with Crippen molar-refractivity contribution in [2.45, 2.75) is 19.4 Å². The molecule has 2 aromatic heterocycles. The molecule has 0 unspecified atom stereocenters. The summed E-state index contributed by atoms with van der Waals surface area (Å²) in [7, 11) is 0. The van der Waals surface area contributed by atoms with Gasteiger partial charge >= 0.3 is 6.03 Å². The summed E-state index contributed by atoms with van der Waals surface area (Å²) in [5.41, 5.74) is 0.699. The molecule has 1 fully saturated rings. The van der Waals surface area contributed by atoms with Gasteiger partial charge in [-0.25, -0.2) is 14.5 Å². The van der Waals surface area contributed by atoms with Crippen molar-refractivity contribution in [3.05, 3.63) is 36.8 Å². The molecule has 1 aliphatic rings. The van der Waals surface area contributed by atoms with Gasteiger partial charge in [0.2, 0.25) is 0 Å². The molecule has 0 bridgehead atoms. The van der Waals surface area contributed by atoms with Crippen molar-refractivity contribution >= 4 is 23.5 Å². The van der Waals surface area contributed by atoms with E-state index in [0.717, 1.165) is 30.3 Å². The fourth-order valence-corrected chi connectivity index (χ4v) is 3.43. The summed E-state index contributed by atoms with van der Waals surface area (Å²) in [6.45, 7) is 2.89. The highest BCUT2D eigenvalue weighted by Gasteiger charge is 2.22. The quantitative estimate of drug-likeness (QED) is 0.925. The number of carbonyl (C=O) groups excluding carboxylic acids is 1.